The number of ketones is 1. The van der Waals surface area contributed by atoms with E-state index in [9.17, 15) is 14.7 Å². The molecule has 3 aromatic rings. The summed E-state index contributed by atoms with van der Waals surface area (Å²) in [7, 11) is 1.60. The van der Waals surface area contributed by atoms with Gasteiger partial charge in [0.1, 0.15) is 18.1 Å². The Hall–Kier alpha value is -3.90. The first-order valence-electron chi connectivity index (χ1n) is 11.6. The fourth-order valence-electron chi connectivity index (χ4n) is 4.35. The molecule has 1 heterocycles. The lowest BCUT2D eigenvalue weighted by Gasteiger charge is -2.25. The van der Waals surface area contributed by atoms with E-state index in [2.05, 4.69) is 0 Å². The molecule has 0 bridgehead atoms. The number of carbonyl (C=O) groups is 2. The second kappa shape index (κ2) is 11.0. The highest BCUT2D eigenvalue weighted by Gasteiger charge is 2.45. The standard InChI is InChI=1S/C29H29NO5/c1-20-18-23(35-19-21-10-5-3-6-11-21)14-15-24(20)27(31)25-26(22-12-7-4-8-13-22)30(16-9-17-34-2)29(33)28(25)32/h3-8,10-15,18,26,31H,9,16-17,19H2,1-2H3/t26-/m0/s1. The highest BCUT2D eigenvalue weighted by atomic mass is 16.5. The molecule has 0 spiro atoms. The van der Waals surface area contributed by atoms with Gasteiger partial charge in [0.05, 0.1) is 11.6 Å². The van der Waals surface area contributed by atoms with Gasteiger partial charge >= 0.3 is 0 Å². The van der Waals surface area contributed by atoms with Crippen molar-refractivity contribution in [1.82, 2.24) is 4.90 Å². The van der Waals surface area contributed by atoms with Crippen molar-refractivity contribution in [1.29, 1.82) is 0 Å². The minimum Gasteiger partial charge on any atom is -0.507 e. The van der Waals surface area contributed by atoms with E-state index in [-0.39, 0.29) is 11.3 Å². The van der Waals surface area contributed by atoms with E-state index in [1.807, 2.05) is 73.7 Å². The van der Waals surface area contributed by atoms with Gasteiger partial charge in [0.15, 0.2) is 0 Å². The molecule has 3 aromatic carbocycles. The van der Waals surface area contributed by atoms with E-state index < -0.39 is 17.7 Å². The maximum Gasteiger partial charge on any atom is 0.295 e. The number of rotatable bonds is 9. The first kappa shape index (κ1) is 24.2. The maximum atomic E-state index is 13.1. The highest BCUT2D eigenvalue weighted by Crippen LogP contribution is 2.40. The number of benzene rings is 3. The number of Topliss-reactive ketones (excluding diaryl/α,β-unsaturated/α-hetero) is 1. The van der Waals surface area contributed by atoms with Crippen molar-refractivity contribution in [3.63, 3.8) is 0 Å². The first-order valence-corrected chi connectivity index (χ1v) is 11.6. The zero-order valence-electron chi connectivity index (χ0n) is 19.9. The third kappa shape index (κ3) is 5.28. The molecule has 0 unspecified atom stereocenters. The second-order valence-corrected chi connectivity index (χ2v) is 8.50. The Morgan fingerprint density at radius 2 is 1.66 bits per heavy atom. The number of amides is 1. The molecule has 1 amide bonds. The molecule has 6 nitrogen and oxygen atoms in total. The molecule has 0 aliphatic carbocycles. The molecule has 180 valence electrons. The lowest BCUT2D eigenvalue weighted by Crippen LogP contribution is -2.31. The maximum absolute atomic E-state index is 13.1. The number of carbonyl (C=O) groups excluding carboxylic acids is 2. The molecule has 35 heavy (non-hydrogen) atoms. The van der Waals surface area contributed by atoms with Crippen LogP contribution in [-0.2, 0) is 20.9 Å². The predicted octanol–water partition coefficient (Wildman–Crippen LogP) is 5.03. The fourth-order valence-corrected chi connectivity index (χ4v) is 4.35. The van der Waals surface area contributed by atoms with Crippen molar-refractivity contribution in [2.24, 2.45) is 0 Å². The Kier molecular flexibility index (Phi) is 7.63. The van der Waals surface area contributed by atoms with Crippen molar-refractivity contribution < 1.29 is 24.2 Å². The quantitative estimate of drug-likeness (QED) is 0.205. The summed E-state index contributed by atoms with van der Waals surface area (Å²) in [5.41, 5.74) is 3.15. The van der Waals surface area contributed by atoms with E-state index in [4.69, 9.17) is 9.47 Å². The highest BCUT2D eigenvalue weighted by molar-refractivity contribution is 6.46. The molecule has 1 aliphatic rings. The third-order valence-corrected chi connectivity index (χ3v) is 6.10. The zero-order chi connectivity index (χ0) is 24.8. The van der Waals surface area contributed by atoms with Gasteiger partial charge in [-0.15, -0.1) is 0 Å². The molecule has 0 radical (unpaired) electrons. The van der Waals surface area contributed by atoms with Gasteiger partial charge in [-0.3, -0.25) is 9.59 Å². The monoisotopic (exact) mass is 471 g/mol. The summed E-state index contributed by atoms with van der Waals surface area (Å²) in [6.45, 7) is 3.08. The number of aryl methyl sites for hydroxylation is 1. The van der Waals surface area contributed by atoms with Crippen LogP contribution in [0.1, 0.15) is 34.7 Å². The Morgan fingerprint density at radius 1 is 0.971 bits per heavy atom. The van der Waals surface area contributed by atoms with Crippen LogP contribution in [0.5, 0.6) is 5.75 Å². The van der Waals surface area contributed by atoms with Gasteiger partial charge in [0.2, 0.25) is 0 Å². The van der Waals surface area contributed by atoms with Gasteiger partial charge in [-0.2, -0.15) is 0 Å². The molecule has 6 heteroatoms. The molecule has 0 aromatic heterocycles. The van der Waals surface area contributed by atoms with Gasteiger partial charge in [0.25, 0.3) is 11.7 Å². The van der Waals surface area contributed by atoms with Crippen LogP contribution < -0.4 is 4.74 Å². The molecular formula is C29H29NO5. The number of aliphatic hydroxyl groups is 1. The summed E-state index contributed by atoms with van der Waals surface area (Å²) in [5.74, 6) is -0.823. The summed E-state index contributed by atoms with van der Waals surface area (Å²) in [4.78, 5) is 27.6. The number of hydrogen-bond donors (Lipinski definition) is 1. The van der Waals surface area contributed by atoms with Crippen molar-refractivity contribution in [3.05, 3.63) is 107 Å². The summed E-state index contributed by atoms with van der Waals surface area (Å²) in [5, 5.41) is 11.3. The van der Waals surface area contributed by atoms with Crippen LogP contribution in [0.15, 0.2) is 84.4 Å². The molecular weight excluding hydrogens is 442 g/mol. The van der Waals surface area contributed by atoms with E-state index in [0.717, 1.165) is 16.7 Å². The average Bonchev–Trinajstić information content (AvgIpc) is 3.13. The smallest absolute Gasteiger partial charge is 0.295 e. The minimum atomic E-state index is -0.683. The average molecular weight is 472 g/mol. The molecule has 0 saturated carbocycles. The van der Waals surface area contributed by atoms with Gasteiger partial charge in [-0.05, 0) is 48.2 Å². The van der Waals surface area contributed by atoms with Gasteiger partial charge in [0, 0.05) is 25.8 Å². The lowest BCUT2D eigenvalue weighted by atomic mass is 9.94. The van der Waals surface area contributed by atoms with Crippen LogP contribution in [0.4, 0.5) is 0 Å². The second-order valence-electron chi connectivity index (χ2n) is 8.50. The lowest BCUT2D eigenvalue weighted by molar-refractivity contribution is -0.140. The molecule has 1 atom stereocenters. The van der Waals surface area contributed by atoms with Crippen molar-refractivity contribution >= 4 is 17.4 Å². The zero-order valence-corrected chi connectivity index (χ0v) is 19.9. The number of ether oxygens (including phenoxy) is 2. The van der Waals surface area contributed by atoms with Crippen LogP contribution in [-0.4, -0.2) is 42.0 Å². The normalized spacial score (nSPS) is 17.1. The first-order chi connectivity index (χ1) is 17.0. The van der Waals surface area contributed by atoms with E-state index >= 15 is 0 Å². The van der Waals surface area contributed by atoms with Crippen molar-refractivity contribution in [3.8, 4) is 5.75 Å². The van der Waals surface area contributed by atoms with Crippen LogP contribution in [0.2, 0.25) is 0 Å². The van der Waals surface area contributed by atoms with Crippen LogP contribution in [0.3, 0.4) is 0 Å². The molecule has 1 fully saturated rings. The predicted molar refractivity (Wildman–Crippen MR) is 134 cm³/mol. The van der Waals surface area contributed by atoms with Crippen molar-refractivity contribution in [2.45, 2.75) is 26.0 Å². The Labute approximate surface area is 205 Å². The third-order valence-electron chi connectivity index (χ3n) is 6.10. The fraction of sp³-hybridized carbons (Fsp3) is 0.241. The summed E-state index contributed by atoms with van der Waals surface area (Å²) in [6, 6.07) is 23.8. The van der Waals surface area contributed by atoms with Gasteiger partial charge < -0.3 is 19.5 Å². The molecule has 1 aliphatic heterocycles. The van der Waals surface area contributed by atoms with Crippen LogP contribution in [0, 0.1) is 6.92 Å². The largest absolute Gasteiger partial charge is 0.507 e. The van der Waals surface area contributed by atoms with E-state index in [1.54, 1.807) is 19.2 Å². The van der Waals surface area contributed by atoms with Crippen LogP contribution in [0.25, 0.3) is 5.76 Å². The van der Waals surface area contributed by atoms with Gasteiger partial charge in [-0.1, -0.05) is 60.7 Å². The number of hydrogen-bond acceptors (Lipinski definition) is 5. The number of methoxy groups -OCH3 is 1. The summed E-state index contributed by atoms with van der Waals surface area (Å²) in [6.07, 6.45) is 0.583. The summed E-state index contributed by atoms with van der Waals surface area (Å²) >= 11 is 0. The topological polar surface area (TPSA) is 76.1 Å². The SMILES string of the molecule is COCCCN1C(=O)C(=O)C(=C(O)c2ccc(OCc3ccccc3)cc2C)[C@@H]1c1ccccc1. The van der Waals surface area contributed by atoms with E-state index in [1.165, 1.54) is 4.90 Å². The van der Waals surface area contributed by atoms with Crippen molar-refractivity contribution in [2.75, 3.05) is 20.3 Å². The Bertz CT molecular complexity index is 1220. The van der Waals surface area contributed by atoms with Gasteiger partial charge in [-0.25, -0.2) is 0 Å². The number of aliphatic hydroxyl groups excluding tert-OH is 1. The minimum absolute atomic E-state index is 0.0969. The Morgan fingerprint density at radius 3 is 2.31 bits per heavy atom. The summed E-state index contributed by atoms with van der Waals surface area (Å²) < 4.78 is 11.0. The molecule has 4 rings (SSSR count). The molecule has 1 N–H and O–H groups in total. The number of nitrogens with zero attached hydrogens (tertiary/aromatic N) is 1. The molecule has 1 saturated heterocycles. The van der Waals surface area contributed by atoms with E-state index in [0.29, 0.717) is 37.5 Å². The Balaban J connectivity index is 1.67. The van der Waals surface area contributed by atoms with Crippen LogP contribution >= 0.6 is 0 Å². The number of likely N-dealkylation sites (tertiary alicyclic amines) is 1.